The summed E-state index contributed by atoms with van der Waals surface area (Å²) in [5.41, 5.74) is 5.89. The molecule has 1 N–H and O–H groups in total. The average Bonchev–Trinajstić information content (AvgIpc) is 3.71. The molecule has 4 aliphatic carbocycles. The molecule has 1 amide bonds. The molecule has 10 rings (SSSR count). The van der Waals surface area contributed by atoms with Crippen molar-refractivity contribution in [2.75, 3.05) is 16.8 Å². The molecule has 0 radical (unpaired) electrons. The predicted molar refractivity (Wildman–Crippen MR) is 209 cm³/mol. The van der Waals surface area contributed by atoms with Crippen molar-refractivity contribution < 1.29 is 14.3 Å². The highest BCUT2D eigenvalue weighted by atomic mass is 32.1. The summed E-state index contributed by atoms with van der Waals surface area (Å²) >= 11 is 1.46. The SMILES string of the molecule is CC12CC3CC(C)(C1)CC(Cn1cc(-c4ccc(N5CCc6cccc(C(=O)Nc7nc8ccccc8s7)c6C5)nc4C(=O)OC(C)(C)C)cn1)(C3)C2. The Balaban J connectivity index is 0.992. The summed E-state index contributed by atoms with van der Waals surface area (Å²) in [5.74, 6) is 0.841. The van der Waals surface area contributed by atoms with Gasteiger partial charge >= 0.3 is 5.97 Å². The Labute approximate surface area is 315 Å². The Bertz CT molecular complexity index is 2220. The highest BCUT2D eigenvalue weighted by Gasteiger charge is 2.60. The molecule has 4 heterocycles. The third-order valence-electron chi connectivity index (χ3n) is 12.0. The van der Waals surface area contributed by atoms with Crippen LogP contribution in [0.1, 0.15) is 105 Å². The number of ether oxygens (including phenoxy) is 1. The number of rotatable bonds is 7. The number of anilines is 2. The molecular weight excluding hydrogens is 681 g/mol. The number of carbonyl (C=O) groups excluding carboxylic acids is 2. The molecule has 2 aromatic carbocycles. The molecule has 5 aliphatic rings. The zero-order valence-electron chi connectivity index (χ0n) is 31.4. The van der Waals surface area contributed by atoms with Crippen molar-refractivity contribution in [1.29, 1.82) is 0 Å². The Morgan fingerprint density at radius 1 is 0.962 bits per heavy atom. The van der Waals surface area contributed by atoms with E-state index in [-0.39, 0.29) is 17.0 Å². The molecule has 0 spiro atoms. The first-order chi connectivity index (χ1) is 25.2. The number of thiazole rings is 1. The fourth-order valence-electron chi connectivity index (χ4n) is 11.2. The largest absolute Gasteiger partial charge is 0.455 e. The molecule has 10 heteroatoms. The van der Waals surface area contributed by atoms with Crippen LogP contribution in [0.2, 0.25) is 0 Å². The predicted octanol–water partition coefficient (Wildman–Crippen LogP) is 9.32. The average molecular weight is 729 g/mol. The molecule has 9 nitrogen and oxygen atoms in total. The van der Waals surface area contributed by atoms with Crippen molar-refractivity contribution in [3.8, 4) is 11.1 Å². The van der Waals surface area contributed by atoms with E-state index in [1.54, 1.807) is 0 Å². The van der Waals surface area contributed by atoms with E-state index in [4.69, 9.17) is 14.8 Å². The van der Waals surface area contributed by atoms with Gasteiger partial charge in [0.1, 0.15) is 11.4 Å². The van der Waals surface area contributed by atoms with Gasteiger partial charge < -0.3 is 9.64 Å². The van der Waals surface area contributed by atoms with Crippen LogP contribution in [0, 0.1) is 22.2 Å². The lowest BCUT2D eigenvalue weighted by Gasteiger charge is -2.65. The highest BCUT2D eigenvalue weighted by Crippen LogP contribution is 2.69. The smallest absolute Gasteiger partial charge is 0.358 e. The van der Waals surface area contributed by atoms with Crippen LogP contribution >= 0.6 is 11.3 Å². The van der Waals surface area contributed by atoms with Crippen molar-refractivity contribution in [2.24, 2.45) is 22.2 Å². The van der Waals surface area contributed by atoms with Crippen LogP contribution in [0.15, 0.2) is 67.0 Å². The van der Waals surface area contributed by atoms with E-state index in [1.165, 1.54) is 49.9 Å². The standard InChI is InChI=1S/C43H48N6O3S/c1-40(2,3)52-38(51)36-30(29-20-44-49(21-29)26-43-19-27-17-41(4,24-43)23-42(5,18-27)25-43)13-14-35(46-36)48-16-15-28-9-8-10-31(32(28)22-48)37(50)47-39-45-33-11-6-7-12-34(33)53-39/h6-14,20-21,27H,15-19,22-26H2,1-5H3,(H,45,47,50). The maximum Gasteiger partial charge on any atom is 0.358 e. The van der Waals surface area contributed by atoms with Gasteiger partial charge in [-0.15, -0.1) is 0 Å². The Kier molecular flexibility index (Phi) is 7.90. The fourth-order valence-corrected chi connectivity index (χ4v) is 12.1. The summed E-state index contributed by atoms with van der Waals surface area (Å²) in [6.45, 7) is 12.8. The normalized spacial score (nSPS) is 26.1. The van der Waals surface area contributed by atoms with Gasteiger partial charge in [-0.2, -0.15) is 5.10 Å². The van der Waals surface area contributed by atoms with Crippen molar-refractivity contribution in [1.82, 2.24) is 19.7 Å². The number of hydrogen-bond acceptors (Lipinski definition) is 8. The highest BCUT2D eigenvalue weighted by molar-refractivity contribution is 7.22. The molecule has 2 atom stereocenters. The van der Waals surface area contributed by atoms with Gasteiger partial charge in [0.2, 0.25) is 0 Å². The third kappa shape index (κ3) is 6.53. The van der Waals surface area contributed by atoms with Gasteiger partial charge in [-0.05, 0) is 129 Å². The molecule has 4 bridgehead atoms. The molecule has 274 valence electrons. The summed E-state index contributed by atoms with van der Waals surface area (Å²) in [7, 11) is 0. The van der Waals surface area contributed by atoms with Gasteiger partial charge in [0.15, 0.2) is 10.8 Å². The van der Waals surface area contributed by atoms with E-state index in [0.717, 1.165) is 45.8 Å². The number of para-hydroxylation sites is 1. The van der Waals surface area contributed by atoms with Gasteiger partial charge in [-0.3, -0.25) is 14.8 Å². The van der Waals surface area contributed by atoms with Gasteiger partial charge in [0.25, 0.3) is 5.91 Å². The second-order valence-electron chi connectivity index (χ2n) is 18.2. The van der Waals surface area contributed by atoms with Crippen LogP contribution in [-0.2, 0) is 24.2 Å². The first kappa shape index (κ1) is 34.2. The van der Waals surface area contributed by atoms with Gasteiger partial charge in [0, 0.05) is 42.5 Å². The number of amides is 1. The second kappa shape index (κ2) is 12.2. The lowest BCUT2D eigenvalue weighted by atomic mass is 9.40. The number of carbonyl (C=O) groups is 2. The van der Waals surface area contributed by atoms with Crippen LogP contribution < -0.4 is 10.2 Å². The van der Waals surface area contributed by atoms with Crippen LogP contribution in [-0.4, -0.2) is 43.8 Å². The molecule has 3 aromatic heterocycles. The maximum absolute atomic E-state index is 13.9. The first-order valence-corrected chi connectivity index (χ1v) is 19.9. The Hall–Kier alpha value is -4.57. The number of aromatic nitrogens is 4. The van der Waals surface area contributed by atoms with E-state index in [2.05, 4.69) is 46.0 Å². The number of nitrogens with zero attached hydrogens (tertiary/aromatic N) is 5. The first-order valence-electron chi connectivity index (χ1n) is 19.0. The minimum Gasteiger partial charge on any atom is -0.455 e. The summed E-state index contributed by atoms with van der Waals surface area (Å²) in [5, 5.41) is 8.49. The molecule has 4 saturated carbocycles. The zero-order chi connectivity index (χ0) is 36.8. The molecular formula is C43H48N6O3S. The lowest BCUT2D eigenvalue weighted by molar-refractivity contribution is -0.151. The summed E-state index contributed by atoms with van der Waals surface area (Å²) in [6, 6.07) is 17.7. The lowest BCUT2D eigenvalue weighted by Crippen LogP contribution is -2.56. The molecule has 2 unspecified atom stereocenters. The van der Waals surface area contributed by atoms with Crippen LogP contribution in [0.3, 0.4) is 0 Å². The molecule has 5 aromatic rings. The fraction of sp³-hybridized carbons (Fsp3) is 0.465. The zero-order valence-corrected chi connectivity index (χ0v) is 32.2. The summed E-state index contributed by atoms with van der Waals surface area (Å²) in [6.07, 6.45) is 12.6. The topological polar surface area (TPSA) is 102 Å². The monoisotopic (exact) mass is 728 g/mol. The van der Waals surface area contributed by atoms with E-state index in [1.807, 2.05) is 75.5 Å². The third-order valence-corrected chi connectivity index (χ3v) is 13.0. The quantitative estimate of drug-likeness (QED) is 0.167. The van der Waals surface area contributed by atoms with Crippen molar-refractivity contribution >= 4 is 44.4 Å². The van der Waals surface area contributed by atoms with Crippen molar-refractivity contribution in [2.45, 2.75) is 98.3 Å². The van der Waals surface area contributed by atoms with Crippen LogP contribution in [0.25, 0.3) is 21.3 Å². The van der Waals surface area contributed by atoms with E-state index < -0.39 is 11.6 Å². The van der Waals surface area contributed by atoms with Crippen molar-refractivity contribution in [3.05, 3.63) is 89.4 Å². The van der Waals surface area contributed by atoms with Gasteiger partial charge in [-0.25, -0.2) is 14.8 Å². The van der Waals surface area contributed by atoms with E-state index in [9.17, 15) is 9.59 Å². The van der Waals surface area contributed by atoms with E-state index >= 15 is 0 Å². The van der Waals surface area contributed by atoms with Gasteiger partial charge in [0.05, 0.1) is 16.4 Å². The number of esters is 1. The minimum absolute atomic E-state index is 0.186. The number of benzene rings is 2. The minimum atomic E-state index is -0.684. The van der Waals surface area contributed by atoms with Crippen molar-refractivity contribution in [3.63, 3.8) is 0 Å². The molecule has 0 saturated heterocycles. The van der Waals surface area contributed by atoms with Crippen LogP contribution in [0.4, 0.5) is 10.9 Å². The molecule has 53 heavy (non-hydrogen) atoms. The maximum atomic E-state index is 13.9. The number of nitrogens with one attached hydrogen (secondary N) is 1. The number of hydrogen-bond donors (Lipinski definition) is 1. The summed E-state index contributed by atoms with van der Waals surface area (Å²) < 4.78 is 9.07. The number of fused-ring (bicyclic) bond motifs is 2. The molecule has 4 fully saturated rings. The number of pyridine rings is 1. The van der Waals surface area contributed by atoms with Gasteiger partial charge in [-0.1, -0.05) is 49.4 Å². The Morgan fingerprint density at radius 3 is 2.51 bits per heavy atom. The summed E-state index contributed by atoms with van der Waals surface area (Å²) in [4.78, 5) is 39.3. The van der Waals surface area contributed by atoms with E-state index in [0.29, 0.717) is 46.0 Å². The van der Waals surface area contributed by atoms with Crippen LogP contribution in [0.5, 0.6) is 0 Å². The second-order valence-corrected chi connectivity index (χ2v) is 19.2. The molecule has 1 aliphatic heterocycles. The Morgan fingerprint density at radius 2 is 1.75 bits per heavy atom.